The first-order valence-corrected chi connectivity index (χ1v) is 7.35. The number of aryl methyl sites for hydroxylation is 1. The topological polar surface area (TPSA) is 60.2 Å². The Morgan fingerprint density at radius 3 is 2.95 bits per heavy atom. The van der Waals surface area contributed by atoms with E-state index < -0.39 is 0 Å². The summed E-state index contributed by atoms with van der Waals surface area (Å²) >= 11 is 0. The third kappa shape index (κ3) is 3.01. The van der Waals surface area contributed by atoms with Crippen molar-refractivity contribution in [3.05, 3.63) is 35.5 Å². The largest absolute Gasteiger partial charge is 0.482 e. The van der Waals surface area contributed by atoms with E-state index >= 15 is 0 Å². The highest BCUT2D eigenvalue weighted by Crippen LogP contribution is 2.32. The molecule has 0 spiro atoms. The van der Waals surface area contributed by atoms with Gasteiger partial charge in [0.05, 0.1) is 5.69 Å². The quantitative estimate of drug-likeness (QED) is 0.938. The highest BCUT2D eigenvalue weighted by molar-refractivity contribution is 5.63. The predicted molar refractivity (Wildman–Crippen MR) is 80.6 cm³/mol. The molecule has 1 aromatic carbocycles. The number of hydrogen-bond acceptors (Lipinski definition) is 5. The first-order chi connectivity index (χ1) is 10.0. The normalized spacial score (nSPS) is 14.4. The molecule has 21 heavy (non-hydrogen) atoms. The number of fused-ring (bicyclic) bond motifs is 1. The van der Waals surface area contributed by atoms with Crippen LogP contribution in [0, 0.1) is 0 Å². The number of para-hydroxylation sites is 1. The number of hydrogen-bond donors (Lipinski definition) is 1. The molecule has 5 nitrogen and oxygen atoms in total. The summed E-state index contributed by atoms with van der Waals surface area (Å²) in [5, 5.41) is 7.41. The van der Waals surface area contributed by atoms with Gasteiger partial charge in [-0.05, 0) is 24.5 Å². The number of ether oxygens (including phenoxy) is 1. The molecule has 1 aliphatic rings. The van der Waals surface area contributed by atoms with Gasteiger partial charge < -0.3 is 14.6 Å². The van der Waals surface area contributed by atoms with E-state index in [9.17, 15) is 0 Å². The summed E-state index contributed by atoms with van der Waals surface area (Å²) in [6, 6.07) is 6.13. The summed E-state index contributed by atoms with van der Waals surface area (Å²) in [5.41, 5.74) is 2.29. The van der Waals surface area contributed by atoms with Gasteiger partial charge in [-0.3, -0.25) is 0 Å². The van der Waals surface area contributed by atoms with Crippen LogP contribution in [-0.4, -0.2) is 16.7 Å². The van der Waals surface area contributed by atoms with Gasteiger partial charge in [0, 0.05) is 12.0 Å². The van der Waals surface area contributed by atoms with Gasteiger partial charge in [-0.25, -0.2) is 0 Å². The Labute approximate surface area is 124 Å². The second-order valence-electron chi connectivity index (χ2n) is 6.37. The van der Waals surface area contributed by atoms with Gasteiger partial charge in [-0.2, -0.15) is 4.98 Å². The maximum absolute atomic E-state index is 5.86. The van der Waals surface area contributed by atoms with E-state index in [0.717, 1.165) is 30.8 Å². The number of nitrogens with one attached hydrogen (secondary N) is 1. The molecule has 1 aromatic heterocycles. The van der Waals surface area contributed by atoms with Crippen molar-refractivity contribution in [1.82, 2.24) is 10.1 Å². The molecule has 0 bridgehead atoms. The summed E-state index contributed by atoms with van der Waals surface area (Å²) in [6.07, 6.45) is 2.25. The minimum atomic E-state index is -0.116. The van der Waals surface area contributed by atoms with Crippen molar-refractivity contribution in [2.24, 2.45) is 0 Å². The lowest BCUT2D eigenvalue weighted by Crippen LogP contribution is -2.14. The molecule has 0 atom stereocenters. The molecule has 112 valence electrons. The second-order valence-corrected chi connectivity index (χ2v) is 6.37. The van der Waals surface area contributed by atoms with Crippen LogP contribution in [0.15, 0.2) is 22.7 Å². The zero-order chi connectivity index (χ0) is 14.9. The van der Waals surface area contributed by atoms with Crippen LogP contribution >= 0.6 is 0 Å². The summed E-state index contributed by atoms with van der Waals surface area (Å²) in [5.74, 6) is 2.06. The van der Waals surface area contributed by atoms with Crippen molar-refractivity contribution < 1.29 is 9.26 Å². The lowest BCUT2D eigenvalue weighted by Gasteiger charge is -2.20. The lowest BCUT2D eigenvalue weighted by molar-refractivity contribution is 0.242. The first kappa shape index (κ1) is 13.9. The summed E-state index contributed by atoms with van der Waals surface area (Å²) in [7, 11) is 0. The van der Waals surface area contributed by atoms with E-state index in [1.165, 1.54) is 5.56 Å². The molecule has 2 heterocycles. The molecule has 0 unspecified atom stereocenters. The first-order valence-electron chi connectivity index (χ1n) is 7.35. The van der Waals surface area contributed by atoms with Crippen LogP contribution in [0.5, 0.6) is 5.75 Å². The van der Waals surface area contributed by atoms with E-state index in [0.29, 0.717) is 18.3 Å². The van der Waals surface area contributed by atoms with E-state index in [1.54, 1.807) is 0 Å². The van der Waals surface area contributed by atoms with Gasteiger partial charge in [0.25, 0.3) is 5.89 Å². The van der Waals surface area contributed by atoms with E-state index in [2.05, 4.69) is 42.3 Å². The van der Waals surface area contributed by atoms with Gasteiger partial charge in [0.15, 0.2) is 12.4 Å². The minimum Gasteiger partial charge on any atom is -0.482 e. The monoisotopic (exact) mass is 287 g/mol. The van der Waals surface area contributed by atoms with Crippen molar-refractivity contribution in [3.63, 3.8) is 0 Å². The van der Waals surface area contributed by atoms with Crippen LogP contribution in [-0.2, 0) is 18.4 Å². The second kappa shape index (κ2) is 5.39. The highest BCUT2D eigenvalue weighted by atomic mass is 16.5. The Bertz CT molecular complexity index is 629. The number of rotatable bonds is 3. The number of aromatic nitrogens is 2. The fraction of sp³-hybridized carbons (Fsp3) is 0.500. The third-order valence-corrected chi connectivity index (χ3v) is 3.53. The molecule has 1 N–H and O–H groups in total. The molecule has 0 amide bonds. The van der Waals surface area contributed by atoms with Gasteiger partial charge in [-0.1, -0.05) is 38.1 Å². The van der Waals surface area contributed by atoms with Crippen LogP contribution in [0.4, 0.5) is 5.69 Å². The van der Waals surface area contributed by atoms with E-state index in [-0.39, 0.29) is 5.41 Å². The Kier molecular flexibility index (Phi) is 3.57. The fourth-order valence-electron chi connectivity index (χ4n) is 2.36. The molecule has 0 fully saturated rings. The standard InChI is InChI=1S/C16H21N3O2/c1-16(2,3)15-18-13(21-19-15)10-20-12-8-4-6-11-7-5-9-17-14(11)12/h4,6,8,17H,5,7,9-10H2,1-3H3. The molecule has 3 rings (SSSR count). The smallest absolute Gasteiger partial charge is 0.264 e. The zero-order valence-corrected chi connectivity index (χ0v) is 12.8. The number of benzene rings is 1. The van der Waals surface area contributed by atoms with Gasteiger partial charge >= 0.3 is 0 Å². The zero-order valence-electron chi connectivity index (χ0n) is 12.8. The Balaban J connectivity index is 1.72. The number of anilines is 1. The molecule has 2 aromatic rings. The average Bonchev–Trinajstić information content (AvgIpc) is 2.94. The summed E-state index contributed by atoms with van der Waals surface area (Å²) in [4.78, 5) is 4.39. The third-order valence-electron chi connectivity index (χ3n) is 3.53. The predicted octanol–water partition coefficient (Wildman–Crippen LogP) is 3.30. The molecule has 0 aliphatic carbocycles. The van der Waals surface area contributed by atoms with Crippen molar-refractivity contribution in [3.8, 4) is 5.75 Å². The van der Waals surface area contributed by atoms with E-state index in [1.807, 2.05) is 12.1 Å². The van der Waals surface area contributed by atoms with Gasteiger partial charge in [0.1, 0.15) is 5.75 Å². The maximum Gasteiger partial charge on any atom is 0.264 e. The molecule has 1 aliphatic heterocycles. The van der Waals surface area contributed by atoms with Crippen molar-refractivity contribution in [1.29, 1.82) is 0 Å². The van der Waals surface area contributed by atoms with Crippen LogP contribution in [0.25, 0.3) is 0 Å². The highest BCUT2D eigenvalue weighted by Gasteiger charge is 2.21. The van der Waals surface area contributed by atoms with Crippen LogP contribution in [0.2, 0.25) is 0 Å². The molecule has 0 saturated heterocycles. The average molecular weight is 287 g/mol. The van der Waals surface area contributed by atoms with E-state index in [4.69, 9.17) is 9.26 Å². The molecule has 0 radical (unpaired) electrons. The lowest BCUT2D eigenvalue weighted by atomic mass is 9.96. The Hall–Kier alpha value is -2.04. The van der Waals surface area contributed by atoms with Gasteiger partial charge in [0.2, 0.25) is 0 Å². The number of nitrogens with zero attached hydrogens (tertiary/aromatic N) is 2. The molecule has 0 saturated carbocycles. The minimum absolute atomic E-state index is 0.116. The van der Waals surface area contributed by atoms with Crippen LogP contribution < -0.4 is 10.1 Å². The van der Waals surface area contributed by atoms with Crippen molar-refractivity contribution in [2.45, 2.75) is 45.6 Å². The summed E-state index contributed by atoms with van der Waals surface area (Å²) < 4.78 is 11.1. The summed E-state index contributed by atoms with van der Waals surface area (Å²) in [6.45, 7) is 7.45. The molecular weight excluding hydrogens is 266 g/mol. The molecular formula is C16H21N3O2. The van der Waals surface area contributed by atoms with Crippen LogP contribution in [0.1, 0.15) is 44.5 Å². The Morgan fingerprint density at radius 2 is 2.19 bits per heavy atom. The van der Waals surface area contributed by atoms with Crippen molar-refractivity contribution >= 4 is 5.69 Å². The van der Waals surface area contributed by atoms with Gasteiger partial charge in [-0.15, -0.1) is 0 Å². The Morgan fingerprint density at radius 1 is 1.33 bits per heavy atom. The van der Waals surface area contributed by atoms with Crippen LogP contribution in [0.3, 0.4) is 0 Å². The maximum atomic E-state index is 5.86. The SMILES string of the molecule is CC(C)(C)c1noc(COc2cccc3c2NCCC3)n1. The van der Waals surface area contributed by atoms with Crippen molar-refractivity contribution in [2.75, 3.05) is 11.9 Å². The fourth-order valence-corrected chi connectivity index (χ4v) is 2.36. The molecule has 5 heteroatoms.